The van der Waals surface area contributed by atoms with Crippen molar-refractivity contribution in [1.82, 2.24) is 15.1 Å². The number of nitrogens with zero attached hydrogens (tertiary/aromatic N) is 3. The predicted molar refractivity (Wildman–Crippen MR) is 84.0 cm³/mol. The Balaban J connectivity index is 1.77. The molecular weight excluding hydrogens is 276 g/mol. The van der Waals surface area contributed by atoms with Gasteiger partial charge in [-0.05, 0) is 31.0 Å². The van der Waals surface area contributed by atoms with Crippen LogP contribution < -0.4 is 5.73 Å². The lowest BCUT2D eigenvalue weighted by Gasteiger charge is -2.29. The maximum Gasteiger partial charge on any atom is 0.258 e. The molecule has 3 aromatic rings. The van der Waals surface area contributed by atoms with Crippen LogP contribution in [0.15, 0.2) is 41.1 Å². The van der Waals surface area contributed by atoms with Gasteiger partial charge in [0, 0.05) is 17.1 Å². The first-order chi connectivity index (χ1) is 10.8. The third-order valence-electron chi connectivity index (χ3n) is 4.49. The minimum Gasteiger partial charge on any atom is -0.334 e. The molecule has 2 N–H and O–H groups in total. The Labute approximate surface area is 128 Å². The fourth-order valence-electron chi connectivity index (χ4n) is 3.23. The molecule has 1 aromatic carbocycles. The summed E-state index contributed by atoms with van der Waals surface area (Å²) in [7, 11) is 0. The highest BCUT2D eigenvalue weighted by Gasteiger charge is 2.34. The van der Waals surface area contributed by atoms with E-state index in [9.17, 15) is 0 Å². The molecular formula is C17H18N4O. The summed E-state index contributed by atoms with van der Waals surface area (Å²) < 4.78 is 5.51. The summed E-state index contributed by atoms with van der Waals surface area (Å²) in [4.78, 5) is 8.96. The Morgan fingerprint density at radius 3 is 2.77 bits per heavy atom. The molecule has 0 amide bonds. The number of benzene rings is 1. The molecule has 4 rings (SSSR count). The van der Waals surface area contributed by atoms with Crippen LogP contribution >= 0.6 is 0 Å². The number of hydrogen-bond donors (Lipinski definition) is 1. The second kappa shape index (κ2) is 5.18. The standard InChI is InChI=1S/C17H18N4O/c18-17(9-2-1-3-10-17)16-20-15(22-21-16)13-6-4-8-14-12(13)7-5-11-19-14/h4-8,11H,1-3,9-10,18H2. The average molecular weight is 294 g/mol. The molecule has 1 aliphatic carbocycles. The summed E-state index contributed by atoms with van der Waals surface area (Å²) in [6.45, 7) is 0. The molecule has 0 radical (unpaired) electrons. The van der Waals surface area contributed by atoms with Gasteiger partial charge in [0.05, 0.1) is 11.1 Å². The highest BCUT2D eigenvalue weighted by molar-refractivity contribution is 5.92. The highest BCUT2D eigenvalue weighted by atomic mass is 16.5. The van der Waals surface area contributed by atoms with Crippen LogP contribution in [0.4, 0.5) is 0 Å². The second-order valence-electron chi connectivity index (χ2n) is 6.02. The van der Waals surface area contributed by atoms with Crippen molar-refractivity contribution >= 4 is 10.9 Å². The van der Waals surface area contributed by atoms with E-state index in [1.165, 1.54) is 6.42 Å². The molecule has 1 aliphatic rings. The molecule has 1 fully saturated rings. The molecule has 1 saturated carbocycles. The Hall–Kier alpha value is -2.27. The summed E-state index contributed by atoms with van der Waals surface area (Å²) in [6.07, 6.45) is 7.10. The predicted octanol–water partition coefficient (Wildman–Crippen LogP) is 3.40. The van der Waals surface area contributed by atoms with E-state index in [0.29, 0.717) is 11.7 Å². The number of fused-ring (bicyclic) bond motifs is 1. The summed E-state index contributed by atoms with van der Waals surface area (Å²) in [5.41, 5.74) is 7.87. The third kappa shape index (κ3) is 2.18. The van der Waals surface area contributed by atoms with Gasteiger partial charge in [-0.25, -0.2) is 0 Å². The zero-order valence-electron chi connectivity index (χ0n) is 12.3. The van der Waals surface area contributed by atoms with Crippen molar-refractivity contribution in [2.75, 3.05) is 0 Å². The van der Waals surface area contributed by atoms with Gasteiger partial charge in [-0.2, -0.15) is 4.98 Å². The van der Waals surface area contributed by atoms with Crippen molar-refractivity contribution in [3.63, 3.8) is 0 Å². The van der Waals surface area contributed by atoms with Crippen LogP contribution in [0.5, 0.6) is 0 Å². The Bertz CT molecular complexity index is 800. The smallest absolute Gasteiger partial charge is 0.258 e. The Morgan fingerprint density at radius 2 is 1.91 bits per heavy atom. The lowest BCUT2D eigenvalue weighted by Crippen LogP contribution is -2.39. The fraction of sp³-hybridized carbons (Fsp3) is 0.353. The molecule has 5 nitrogen and oxygen atoms in total. The van der Waals surface area contributed by atoms with Gasteiger partial charge in [0.2, 0.25) is 0 Å². The number of rotatable bonds is 2. The number of nitrogens with two attached hydrogens (primary N) is 1. The van der Waals surface area contributed by atoms with Gasteiger partial charge < -0.3 is 10.3 Å². The molecule has 22 heavy (non-hydrogen) atoms. The first-order valence-corrected chi connectivity index (χ1v) is 7.73. The molecule has 0 atom stereocenters. The summed E-state index contributed by atoms with van der Waals surface area (Å²) in [5.74, 6) is 1.15. The maximum atomic E-state index is 6.49. The van der Waals surface area contributed by atoms with Gasteiger partial charge >= 0.3 is 0 Å². The SMILES string of the molecule is NC1(c2noc(-c3cccc4ncccc34)n2)CCCCC1. The van der Waals surface area contributed by atoms with Crippen LogP contribution in [0.3, 0.4) is 0 Å². The topological polar surface area (TPSA) is 77.8 Å². The molecule has 2 aromatic heterocycles. The van der Waals surface area contributed by atoms with Crippen molar-refractivity contribution in [2.45, 2.75) is 37.6 Å². The molecule has 0 unspecified atom stereocenters. The van der Waals surface area contributed by atoms with Crippen LogP contribution in [0.25, 0.3) is 22.4 Å². The van der Waals surface area contributed by atoms with E-state index in [1.54, 1.807) is 6.20 Å². The van der Waals surface area contributed by atoms with Crippen LogP contribution in [-0.2, 0) is 5.54 Å². The summed E-state index contributed by atoms with van der Waals surface area (Å²) in [5, 5.41) is 5.17. The van der Waals surface area contributed by atoms with Gasteiger partial charge in [-0.3, -0.25) is 4.98 Å². The van der Waals surface area contributed by atoms with Crippen LogP contribution in [-0.4, -0.2) is 15.1 Å². The molecule has 112 valence electrons. The van der Waals surface area contributed by atoms with E-state index in [2.05, 4.69) is 15.1 Å². The van der Waals surface area contributed by atoms with E-state index in [4.69, 9.17) is 10.3 Å². The van der Waals surface area contributed by atoms with E-state index in [0.717, 1.165) is 42.1 Å². The first kappa shape index (κ1) is 13.4. The third-order valence-corrected chi connectivity index (χ3v) is 4.49. The number of pyridine rings is 1. The lowest BCUT2D eigenvalue weighted by molar-refractivity contribution is 0.275. The van der Waals surface area contributed by atoms with Crippen molar-refractivity contribution in [2.24, 2.45) is 5.73 Å². The van der Waals surface area contributed by atoms with E-state index in [1.807, 2.05) is 30.3 Å². The first-order valence-electron chi connectivity index (χ1n) is 7.73. The van der Waals surface area contributed by atoms with Crippen molar-refractivity contribution in [3.05, 3.63) is 42.4 Å². The summed E-state index contributed by atoms with van der Waals surface area (Å²) in [6, 6.07) is 9.83. The molecule has 0 aliphatic heterocycles. The average Bonchev–Trinajstić information content (AvgIpc) is 3.06. The molecule has 0 bridgehead atoms. The molecule has 0 spiro atoms. The quantitative estimate of drug-likeness (QED) is 0.783. The largest absolute Gasteiger partial charge is 0.334 e. The highest BCUT2D eigenvalue weighted by Crippen LogP contribution is 2.34. The van der Waals surface area contributed by atoms with Crippen molar-refractivity contribution in [1.29, 1.82) is 0 Å². The number of aromatic nitrogens is 3. The minimum absolute atomic E-state index is 0.442. The zero-order valence-corrected chi connectivity index (χ0v) is 12.3. The normalized spacial score (nSPS) is 17.7. The van der Waals surface area contributed by atoms with Gasteiger partial charge in [0.15, 0.2) is 5.82 Å². The maximum absolute atomic E-state index is 6.49. The van der Waals surface area contributed by atoms with E-state index < -0.39 is 5.54 Å². The van der Waals surface area contributed by atoms with Crippen LogP contribution in [0.1, 0.15) is 37.9 Å². The monoisotopic (exact) mass is 294 g/mol. The van der Waals surface area contributed by atoms with Gasteiger partial charge in [-0.15, -0.1) is 0 Å². The van der Waals surface area contributed by atoms with E-state index in [-0.39, 0.29) is 0 Å². The molecule has 5 heteroatoms. The van der Waals surface area contributed by atoms with Gasteiger partial charge in [-0.1, -0.05) is 36.6 Å². The van der Waals surface area contributed by atoms with Crippen LogP contribution in [0.2, 0.25) is 0 Å². The Morgan fingerprint density at radius 1 is 1.05 bits per heavy atom. The van der Waals surface area contributed by atoms with Crippen molar-refractivity contribution < 1.29 is 4.52 Å². The minimum atomic E-state index is -0.442. The van der Waals surface area contributed by atoms with Gasteiger partial charge in [0.25, 0.3) is 5.89 Å². The lowest BCUT2D eigenvalue weighted by atomic mass is 9.82. The molecule has 2 heterocycles. The number of hydrogen-bond acceptors (Lipinski definition) is 5. The Kier molecular flexibility index (Phi) is 3.15. The van der Waals surface area contributed by atoms with E-state index >= 15 is 0 Å². The second-order valence-corrected chi connectivity index (χ2v) is 6.02. The van der Waals surface area contributed by atoms with Gasteiger partial charge in [0.1, 0.15) is 0 Å². The van der Waals surface area contributed by atoms with Crippen LogP contribution in [0, 0.1) is 0 Å². The summed E-state index contributed by atoms with van der Waals surface area (Å²) >= 11 is 0. The van der Waals surface area contributed by atoms with Crippen molar-refractivity contribution in [3.8, 4) is 11.5 Å². The molecule has 0 saturated heterocycles. The zero-order chi connectivity index (χ0) is 15.0. The fourth-order valence-corrected chi connectivity index (χ4v) is 3.23.